The second-order valence-electron chi connectivity index (χ2n) is 5.16. The zero-order valence-electron chi connectivity index (χ0n) is 11.2. The number of aliphatic hydroxyl groups is 1. The lowest BCUT2D eigenvalue weighted by Gasteiger charge is -2.18. The van der Waals surface area contributed by atoms with Crippen molar-refractivity contribution in [3.8, 4) is 0 Å². The number of halogens is 3. The molecule has 0 radical (unpaired) electrons. The summed E-state index contributed by atoms with van der Waals surface area (Å²) in [5, 5.41) is 9.17. The predicted octanol–water partition coefficient (Wildman–Crippen LogP) is 1.79. The summed E-state index contributed by atoms with van der Waals surface area (Å²) in [5.41, 5.74) is 0. The van der Waals surface area contributed by atoms with Crippen LogP contribution in [0.25, 0.3) is 0 Å². The Labute approximate surface area is 121 Å². The lowest BCUT2D eigenvalue weighted by molar-refractivity contribution is 0.195. The van der Waals surface area contributed by atoms with Gasteiger partial charge in [-0.05, 0) is 36.8 Å². The lowest BCUT2D eigenvalue weighted by Crippen LogP contribution is -2.32. The number of benzene rings is 1. The highest BCUT2D eigenvalue weighted by Gasteiger charge is 2.29. The number of sulfonamides is 1. The Morgan fingerprint density at radius 1 is 1.14 bits per heavy atom. The van der Waals surface area contributed by atoms with Gasteiger partial charge in [0, 0.05) is 13.2 Å². The molecule has 1 fully saturated rings. The molecule has 0 bridgehead atoms. The Morgan fingerprint density at radius 2 is 1.81 bits per heavy atom. The summed E-state index contributed by atoms with van der Waals surface area (Å²) >= 11 is 0. The highest BCUT2D eigenvalue weighted by molar-refractivity contribution is 7.89. The van der Waals surface area contributed by atoms with Gasteiger partial charge in [0.2, 0.25) is 10.0 Å². The van der Waals surface area contributed by atoms with E-state index < -0.39 is 32.4 Å². The second kappa shape index (κ2) is 6.33. The molecule has 2 rings (SSSR count). The van der Waals surface area contributed by atoms with Crippen molar-refractivity contribution in [2.75, 3.05) is 13.2 Å². The SMILES string of the molecule is O=S(=O)(NCC1CCCC1CO)c1ccc(F)c(F)c1F. The quantitative estimate of drug-likeness (QED) is 0.812. The molecule has 0 saturated heterocycles. The van der Waals surface area contributed by atoms with Crippen molar-refractivity contribution in [3.63, 3.8) is 0 Å². The van der Waals surface area contributed by atoms with E-state index in [1.54, 1.807) is 0 Å². The third-order valence-electron chi connectivity index (χ3n) is 3.88. The van der Waals surface area contributed by atoms with Gasteiger partial charge in [-0.2, -0.15) is 0 Å². The van der Waals surface area contributed by atoms with Crippen LogP contribution < -0.4 is 4.72 Å². The Morgan fingerprint density at radius 3 is 2.48 bits per heavy atom. The number of aliphatic hydroxyl groups excluding tert-OH is 1. The molecular formula is C13H16F3NO3S. The minimum atomic E-state index is -4.26. The second-order valence-corrected chi connectivity index (χ2v) is 6.89. The molecule has 1 aliphatic carbocycles. The molecule has 1 saturated carbocycles. The zero-order chi connectivity index (χ0) is 15.6. The molecule has 2 unspecified atom stereocenters. The van der Waals surface area contributed by atoms with E-state index in [9.17, 15) is 21.6 Å². The van der Waals surface area contributed by atoms with Gasteiger partial charge >= 0.3 is 0 Å². The smallest absolute Gasteiger partial charge is 0.243 e. The first-order valence-electron chi connectivity index (χ1n) is 6.61. The summed E-state index contributed by atoms with van der Waals surface area (Å²) in [6.45, 7) is -0.00206. The summed E-state index contributed by atoms with van der Waals surface area (Å²) in [6, 6.07) is 1.26. The third-order valence-corrected chi connectivity index (χ3v) is 5.32. The van der Waals surface area contributed by atoms with E-state index in [-0.39, 0.29) is 25.0 Å². The minimum Gasteiger partial charge on any atom is -0.396 e. The standard InChI is InChI=1S/C13H16F3NO3S/c14-10-4-5-11(13(16)12(10)15)21(19,20)17-6-8-2-1-3-9(8)7-18/h4-5,8-9,17-18H,1-3,6-7H2. The Hall–Kier alpha value is -1.12. The van der Waals surface area contributed by atoms with Crippen LogP contribution in [0.1, 0.15) is 19.3 Å². The molecule has 0 amide bonds. The molecule has 2 N–H and O–H groups in total. The van der Waals surface area contributed by atoms with Crippen molar-refractivity contribution in [2.45, 2.75) is 24.2 Å². The number of hydrogen-bond donors (Lipinski definition) is 2. The van der Waals surface area contributed by atoms with Gasteiger partial charge in [-0.25, -0.2) is 26.3 Å². The highest BCUT2D eigenvalue weighted by Crippen LogP contribution is 2.31. The van der Waals surface area contributed by atoms with Gasteiger partial charge in [-0.3, -0.25) is 0 Å². The van der Waals surface area contributed by atoms with E-state index in [0.29, 0.717) is 12.1 Å². The summed E-state index contributed by atoms with van der Waals surface area (Å²) in [4.78, 5) is -0.917. The molecule has 1 aromatic carbocycles. The fourth-order valence-corrected chi connectivity index (χ4v) is 3.79. The van der Waals surface area contributed by atoms with Crippen LogP contribution in [-0.4, -0.2) is 26.7 Å². The fraction of sp³-hybridized carbons (Fsp3) is 0.538. The maximum Gasteiger partial charge on any atom is 0.243 e. The average molecular weight is 323 g/mol. The van der Waals surface area contributed by atoms with E-state index in [1.165, 1.54) is 0 Å². The summed E-state index contributed by atoms with van der Waals surface area (Å²) < 4.78 is 65.6. The fourth-order valence-electron chi connectivity index (χ4n) is 2.63. The number of hydrogen-bond acceptors (Lipinski definition) is 3. The molecule has 2 atom stereocenters. The predicted molar refractivity (Wildman–Crippen MR) is 69.4 cm³/mol. The molecule has 21 heavy (non-hydrogen) atoms. The van der Waals surface area contributed by atoms with Crippen molar-refractivity contribution in [1.82, 2.24) is 4.72 Å². The molecule has 0 spiro atoms. The zero-order valence-corrected chi connectivity index (χ0v) is 12.0. The summed E-state index contributed by atoms with van der Waals surface area (Å²) in [5.74, 6) is -5.03. The molecular weight excluding hydrogens is 307 g/mol. The summed E-state index contributed by atoms with van der Waals surface area (Å²) in [7, 11) is -4.26. The largest absolute Gasteiger partial charge is 0.396 e. The van der Waals surface area contributed by atoms with Crippen LogP contribution >= 0.6 is 0 Å². The highest BCUT2D eigenvalue weighted by atomic mass is 32.2. The molecule has 0 heterocycles. The molecule has 118 valence electrons. The van der Waals surface area contributed by atoms with Crippen LogP contribution in [-0.2, 0) is 10.0 Å². The molecule has 0 aliphatic heterocycles. The van der Waals surface area contributed by atoms with Crippen LogP contribution in [0.15, 0.2) is 17.0 Å². The van der Waals surface area contributed by atoms with Gasteiger partial charge in [-0.15, -0.1) is 0 Å². The molecule has 8 heteroatoms. The maximum absolute atomic E-state index is 13.5. The third kappa shape index (κ3) is 3.38. The normalized spacial score (nSPS) is 22.7. The van der Waals surface area contributed by atoms with Gasteiger partial charge in [-0.1, -0.05) is 6.42 Å². The Kier molecular flexibility index (Phi) is 4.90. The molecule has 4 nitrogen and oxygen atoms in total. The van der Waals surface area contributed by atoms with Gasteiger partial charge in [0.15, 0.2) is 17.5 Å². The number of nitrogens with one attached hydrogen (secondary N) is 1. The van der Waals surface area contributed by atoms with E-state index in [1.807, 2.05) is 0 Å². The van der Waals surface area contributed by atoms with E-state index in [2.05, 4.69) is 4.72 Å². The van der Waals surface area contributed by atoms with Gasteiger partial charge in [0.25, 0.3) is 0 Å². The first kappa shape index (κ1) is 16.3. The first-order valence-corrected chi connectivity index (χ1v) is 8.09. The molecule has 1 aliphatic rings. The monoisotopic (exact) mass is 323 g/mol. The summed E-state index contributed by atoms with van der Waals surface area (Å²) in [6.07, 6.45) is 2.45. The van der Waals surface area contributed by atoms with Crippen LogP contribution in [0.3, 0.4) is 0 Å². The van der Waals surface area contributed by atoms with E-state index in [0.717, 1.165) is 19.3 Å². The van der Waals surface area contributed by atoms with Crippen LogP contribution in [0.2, 0.25) is 0 Å². The van der Waals surface area contributed by atoms with Crippen LogP contribution in [0, 0.1) is 29.3 Å². The minimum absolute atomic E-state index is 0.00232. The van der Waals surface area contributed by atoms with Crippen molar-refractivity contribution in [2.24, 2.45) is 11.8 Å². The van der Waals surface area contributed by atoms with Crippen LogP contribution in [0.5, 0.6) is 0 Å². The maximum atomic E-state index is 13.5. The van der Waals surface area contributed by atoms with Crippen molar-refractivity contribution in [1.29, 1.82) is 0 Å². The van der Waals surface area contributed by atoms with E-state index in [4.69, 9.17) is 5.11 Å². The van der Waals surface area contributed by atoms with E-state index >= 15 is 0 Å². The Bertz CT molecular complexity index is 621. The molecule has 0 aromatic heterocycles. The number of rotatable bonds is 5. The average Bonchev–Trinajstić information content (AvgIpc) is 2.90. The van der Waals surface area contributed by atoms with Crippen molar-refractivity contribution in [3.05, 3.63) is 29.6 Å². The van der Waals surface area contributed by atoms with Crippen molar-refractivity contribution >= 4 is 10.0 Å². The van der Waals surface area contributed by atoms with Crippen molar-refractivity contribution < 1.29 is 26.7 Å². The first-order chi connectivity index (χ1) is 9.86. The van der Waals surface area contributed by atoms with Gasteiger partial charge in [0.05, 0.1) is 0 Å². The lowest BCUT2D eigenvalue weighted by atomic mass is 9.97. The Balaban J connectivity index is 2.14. The molecule has 1 aromatic rings. The topological polar surface area (TPSA) is 66.4 Å². The van der Waals surface area contributed by atoms with Gasteiger partial charge in [0.1, 0.15) is 4.90 Å². The van der Waals surface area contributed by atoms with Gasteiger partial charge < -0.3 is 5.11 Å². The van der Waals surface area contributed by atoms with Crippen LogP contribution in [0.4, 0.5) is 13.2 Å².